The fraction of sp³-hybridized carbons (Fsp3) is 0.222. The third kappa shape index (κ3) is 5.81. The van der Waals surface area contributed by atoms with E-state index < -0.39 is 12.5 Å². The Kier molecular flexibility index (Phi) is 8.22. The Hall–Kier alpha value is -2.38. The van der Waals surface area contributed by atoms with Gasteiger partial charge >= 0.3 is 0 Å². The van der Waals surface area contributed by atoms with E-state index in [4.69, 9.17) is 32.7 Å². The summed E-state index contributed by atoms with van der Waals surface area (Å²) in [6.45, 7) is 1.46. The number of phenolic OH excluding ortho intramolecular Hbond substituents is 1. The van der Waals surface area contributed by atoms with E-state index in [1.54, 1.807) is 6.92 Å². The number of carbonyl (C=O) groups is 1. The van der Waals surface area contributed by atoms with Crippen LogP contribution in [0.5, 0.6) is 11.6 Å². The molecular formula is C18H15BrCl2N4O4. The summed E-state index contributed by atoms with van der Waals surface area (Å²) in [6.07, 6.45) is 1.18. The van der Waals surface area contributed by atoms with Gasteiger partial charge in [0.1, 0.15) is 17.4 Å². The van der Waals surface area contributed by atoms with Crippen LogP contribution in [0.4, 0.5) is 0 Å². The van der Waals surface area contributed by atoms with Crippen molar-refractivity contribution in [1.29, 1.82) is 5.26 Å². The Morgan fingerprint density at radius 1 is 1.48 bits per heavy atom. The lowest BCUT2D eigenvalue weighted by Crippen LogP contribution is -2.25. The number of rotatable bonds is 7. The first-order valence-corrected chi connectivity index (χ1v) is 9.54. The number of phenols is 1. The molecule has 1 amide bonds. The van der Waals surface area contributed by atoms with Crippen molar-refractivity contribution in [2.45, 2.75) is 13.5 Å². The number of aryl methyl sites for hydroxylation is 1. The fourth-order valence-electron chi connectivity index (χ4n) is 2.24. The number of nitrogens with one attached hydrogen (secondary N) is 1. The number of amides is 1. The van der Waals surface area contributed by atoms with Gasteiger partial charge < -0.3 is 14.6 Å². The van der Waals surface area contributed by atoms with Gasteiger partial charge in [-0.05, 0) is 35.0 Å². The van der Waals surface area contributed by atoms with Crippen LogP contribution in [0.25, 0.3) is 0 Å². The summed E-state index contributed by atoms with van der Waals surface area (Å²) in [4.78, 5) is 16.2. The maximum absolute atomic E-state index is 12.0. The number of aromatic hydroxyl groups is 1. The van der Waals surface area contributed by atoms with Crippen LogP contribution in [0.3, 0.4) is 0 Å². The zero-order valence-electron chi connectivity index (χ0n) is 15.3. The number of nitriles is 1. The van der Waals surface area contributed by atoms with Crippen molar-refractivity contribution >= 4 is 51.3 Å². The smallest absolute Gasteiger partial charge is 0.278 e. The largest absolute Gasteiger partial charge is 0.506 e. The first kappa shape index (κ1) is 22.9. The summed E-state index contributed by atoms with van der Waals surface area (Å²) in [5.74, 6) is -0.809. The van der Waals surface area contributed by atoms with Gasteiger partial charge in [0.05, 0.1) is 23.5 Å². The molecule has 29 heavy (non-hydrogen) atoms. The van der Waals surface area contributed by atoms with Crippen LogP contribution in [-0.2, 0) is 16.1 Å². The SMILES string of the molecule is COCc1c(Br)c(C)nc(OCC(=O)N/N=C/c2cc(Cl)cc(Cl)c2O)c1C#N. The molecule has 0 radical (unpaired) electrons. The lowest BCUT2D eigenvalue weighted by Gasteiger charge is -2.13. The molecule has 2 aromatic rings. The molecule has 2 N–H and O–H groups in total. The van der Waals surface area contributed by atoms with E-state index >= 15 is 0 Å². The van der Waals surface area contributed by atoms with E-state index in [0.717, 1.165) is 0 Å². The Morgan fingerprint density at radius 2 is 2.21 bits per heavy atom. The van der Waals surface area contributed by atoms with E-state index in [-0.39, 0.29) is 34.4 Å². The van der Waals surface area contributed by atoms with Gasteiger partial charge in [0, 0.05) is 27.7 Å². The number of methoxy groups -OCH3 is 1. The summed E-state index contributed by atoms with van der Waals surface area (Å²) < 4.78 is 11.1. The highest BCUT2D eigenvalue weighted by Crippen LogP contribution is 2.31. The number of hydrogen-bond donors (Lipinski definition) is 2. The number of nitrogens with zero attached hydrogens (tertiary/aromatic N) is 3. The molecular weight excluding hydrogens is 487 g/mol. The van der Waals surface area contributed by atoms with E-state index in [1.165, 1.54) is 25.5 Å². The molecule has 0 atom stereocenters. The molecule has 0 unspecified atom stereocenters. The minimum absolute atomic E-state index is 0.0126. The molecule has 1 heterocycles. The van der Waals surface area contributed by atoms with Crippen LogP contribution in [0.2, 0.25) is 10.0 Å². The summed E-state index contributed by atoms with van der Waals surface area (Å²) in [5.41, 5.74) is 3.78. The minimum atomic E-state index is -0.603. The molecule has 0 spiro atoms. The molecule has 0 saturated carbocycles. The highest BCUT2D eigenvalue weighted by atomic mass is 79.9. The van der Waals surface area contributed by atoms with Crippen molar-refractivity contribution in [2.24, 2.45) is 5.10 Å². The number of halogens is 3. The number of pyridine rings is 1. The van der Waals surface area contributed by atoms with E-state index in [9.17, 15) is 15.2 Å². The van der Waals surface area contributed by atoms with Gasteiger partial charge in [-0.3, -0.25) is 4.79 Å². The Morgan fingerprint density at radius 3 is 2.86 bits per heavy atom. The van der Waals surface area contributed by atoms with E-state index in [1.807, 2.05) is 6.07 Å². The lowest BCUT2D eigenvalue weighted by atomic mass is 10.1. The molecule has 152 valence electrons. The normalized spacial score (nSPS) is 10.8. The lowest BCUT2D eigenvalue weighted by molar-refractivity contribution is -0.123. The number of benzene rings is 1. The van der Waals surface area contributed by atoms with Crippen LogP contribution in [0, 0.1) is 18.3 Å². The second-order valence-electron chi connectivity index (χ2n) is 5.62. The van der Waals surface area contributed by atoms with Crippen molar-refractivity contribution in [3.63, 3.8) is 0 Å². The fourth-order valence-corrected chi connectivity index (χ4v) is 3.15. The molecule has 1 aromatic heterocycles. The number of aromatic nitrogens is 1. The molecule has 0 aliphatic carbocycles. The van der Waals surface area contributed by atoms with Gasteiger partial charge in [-0.2, -0.15) is 10.4 Å². The first-order valence-electron chi connectivity index (χ1n) is 7.99. The first-order chi connectivity index (χ1) is 13.8. The molecule has 0 fully saturated rings. The Balaban J connectivity index is 2.07. The zero-order chi connectivity index (χ0) is 21.6. The van der Waals surface area contributed by atoms with Gasteiger partial charge in [-0.1, -0.05) is 23.2 Å². The van der Waals surface area contributed by atoms with Crippen molar-refractivity contribution in [2.75, 3.05) is 13.7 Å². The van der Waals surface area contributed by atoms with Crippen LogP contribution < -0.4 is 10.2 Å². The number of carbonyl (C=O) groups excluding carboxylic acids is 1. The van der Waals surface area contributed by atoms with Crippen LogP contribution in [0.15, 0.2) is 21.7 Å². The average molecular weight is 502 g/mol. The number of ether oxygens (including phenoxy) is 2. The maximum Gasteiger partial charge on any atom is 0.278 e. The van der Waals surface area contributed by atoms with Crippen molar-refractivity contribution < 1.29 is 19.4 Å². The summed E-state index contributed by atoms with van der Waals surface area (Å²) in [5, 5.41) is 23.4. The molecule has 0 aliphatic rings. The second-order valence-corrected chi connectivity index (χ2v) is 7.26. The van der Waals surface area contributed by atoms with Gasteiger partial charge in [-0.25, -0.2) is 10.4 Å². The highest BCUT2D eigenvalue weighted by molar-refractivity contribution is 9.10. The molecule has 8 nitrogen and oxygen atoms in total. The minimum Gasteiger partial charge on any atom is -0.506 e. The number of hydrazone groups is 1. The number of hydrogen-bond acceptors (Lipinski definition) is 7. The van der Waals surface area contributed by atoms with E-state index in [0.29, 0.717) is 20.8 Å². The van der Waals surface area contributed by atoms with Crippen LogP contribution in [0.1, 0.15) is 22.4 Å². The summed E-state index contributed by atoms with van der Waals surface area (Å²) in [7, 11) is 1.50. The van der Waals surface area contributed by atoms with Crippen molar-refractivity contribution in [3.05, 3.63) is 49.0 Å². The third-order valence-electron chi connectivity index (χ3n) is 3.56. The predicted molar refractivity (Wildman–Crippen MR) is 111 cm³/mol. The molecule has 1 aromatic carbocycles. The van der Waals surface area contributed by atoms with Gasteiger partial charge in [0.2, 0.25) is 5.88 Å². The highest BCUT2D eigenvalue weighted by Gasteiger charge is 2.18. The van der Waals surface area contributed by atoms with Gasteiger partial charge in [0.25, 0.3) is 5.91 Å². The molecule has 0 aliphatic heterocycles. The summed E-state index contributed by atoms with van der Waals surface area (Å²) in [6, 6.07) is 4.82. The standard InChI is InChI=1S/C18H15BrCl2N4O4/c1-9-16(19)13(7-28-2)12(5-22)18(24-9)29-8-15(26)25-23-6-10-3-11(20)4-14(21)17(10)27/h3-4,6,27H,7-8H2,1-2H3,(H,25,26)/b23-6+. The second kappa shape index (κ2) is 10.4. The van der Waals surface area contributed by atoms with Crippen molar-refractivity contribution in [3.8, 4) is 17.7 Å². The summed E-state index contributed by atoms with van der Waals surface area (Å²) >= 11 is 15.0. The zero-order valence-corrected chi connectivity index (χ0v) is 18.4. The maximum atomic E-state index is 12.0. The van der Waals surface area contributed by atoms with Crippen LogP contribution >= 0.6 is 39.1 Å². The predicted octanol–water partition coefficient (Wildman–Crippen LogP) is 3.71. The van der Waals surface area contributed by atoms with Crippen LogP contribution in [-0.4, -0.2) is 35.9 Å². The topological polar surface area (TPSA) is 117 Å². The molecule has 2 rings (SSSR count). The monoisotopic (exact) mass is 500 g/mol. The molecule has 0 bridgehead atoms. The van der Waals surface area contributed by atoms with Gasteiger partial charge in [0.15, 0.2) is 6.61 Å². The molecule has 11 heteroatoms. The van der Waals surface area contributed by atoms with Crippen molar-refractivity contribution in [1.82, 2.24) is 10.4 Å². The quantitative estimate of drug-likeness (QED) is 0.441. The van der Waals surface area contributed by atoms with Gasteiger partial charge in [-0.15, -0.1) is 0 Å². The third-order valence-corrected chi connectivity index (χ3v) is 5.12. The average Bonchev–Trinajstić information content (AvgIpc) is 2.67. The Labute approximate surface area is 185 Å². The molecule has 0 saturated heterocycles. The Bertz CT molecular complexity index is 1010. The van der Waals surface area contributed by atoms with E-state index in [2.05, 4.69) is 31.4 Å².